The summed E-state index contributed by atoms with van der Waals surface area (Å²) >= 11 is 0. The summed E-state index contributed by atoms with van der Waals surface area (Å²) in [4.78, 5) is 3.81. The molecule has 0 atom stereocenters. The van der Waals surface area contributed by atoms with E-state index in [0.717, 1.165) is 6.42 Å². The van der Waals surface area contributed by atoms with E-state index in [0.29, 0.717) is 0 Å². The molecule has 0 fully saturated rings. The van der Waals surface area contributed by atoms with Crippen molar-refractivity contribution in [2.45, 2.75) is 20.3 Å². The zero-order valence-electron chi connectivity index (χ0n) is 7.46. The van der Waals surface area contributed by atoms with Crippen LogP contribution < -0.4 is 5.32 Å². The van der Waals surface area contributed by atoms with E-state index >= 15 is 0 Å². The quantitative estimate of drug-likeness (QED) is 0.613. The smallest absolute Gasteiger partial charge is 0.0277 e. The Morgan fingerprint density at radius 3 is 2.82 bits per heavy atom. The molecular formula is C9H16N2. The first kappa shape index (κ1) is 9.95. The van der Waals surface area contributed by atoms with Gasteiger partial charge in [0.25, 0.3) is 0 Å². The van der Waals surface area contributed by atoms with Crippen molar-refractivity contribution >= 4 is 6.21 Å². The highest BCUT2D eigenvalue weighted by atomic mass is 14.8. The molecule has 0 heterocycles. The molecule has 0 aromatic rings. The van der Waals surface area contributed by atoms with Crippen LogP contribution in [-0.4, -0.2) is 13.3 Å². The van der Waals surface area contributed by atoms with Gasteiger partial charge < -0.3 is 5.32 Å². The van der Waals surface area contributed by atoms with Crippen LogP contribution in [0.2, 0.25) is 0 Å². The van der Waals surface area contributed by atoms with Crippen LogP contribution in [-0.2, 0) is 0 Å². The molecule has 0 unspecified atom stereocenters. The van der Waals surface area contributed by atoms with Crippen LogP contribution in [0.1, 0.15) is 20.3 Å². The summed E-state index contributed by atoms with van der Waals surface area (Å²) in [6.45, 7) is 4.15. The van der Waals surface area contributed by atoms with Crippen LogP contribution in [0, 0.1) is 0 Å². The van der Waals surface area contributed by atoms with Crippen LogP contribution in [0.25, 0.3) is 0 Å². The molecule has 0 spiro atoms. The van der Waals surface area contributed by atoms with E-state index in [1.54, 1.807) is 13.3 Å². The highest BCUT2D eigenvalue weighted by Gasteiger charge is 1.78. The number of nitrogens with zero attached hydrogens (tertiary/aromatic N) is 1. The van der Waals surface area contributed by atoms with Gasteiger partial charge in [0.05, 0.1) is 0 Å². The average Bonchev–Trinajstić information content (AvgIpc) is 1.99. The number of nitrogens with one attached hydrogen (secondary N) is 1. The van der Waals surface area contributed by atoms with Gasteiger partial charge in [0.1, 0.15) is 0 Å². The minimum atomic E-state index is 1.06. The third-order valence-electron chi connectivity index (χ3n) is 1.15. The second-order valence-electron chi connectivity index (χ2n) is 2.21. The molecular weight excluding hydrogens is 136 g/mol. The fourth-order valence-corrected chi connectivity index (χ4v) is 0.674. The van der Waals surface area contributed by atoms with E-state index in [4.69, 9.17) is 0 Å². The Morgan fingerprint density at radius 1 is 1.55 bits per heavy atom. The first-order chi connectivity index (χ1) is 5.31. The summed E-state index contributed by atoms with van der Waals surface area (Å²) in [6, 6.07) is 0. The number of hydrogen-bond donors (Lipinski definition) is 1. The Morgan fingerprint density at radius 2 is 2.27 bits per heavy atom. The van der Waals surface area contributed by atoms with Crippen LogP contribution in [0.3, 0.4) is 0 Å². The van der Waals surface area contributed by atoms with Crippen molar-refractivity contribution < 1.29 is 0 Å². The van der Waals surface area contributed by atoms with Gasteiger partial charge in [-0.3, -0.25) is 4.99 Å². The Hall–Kier alpha value is -1.05. The molecule has 0 saturated heterocycles. The van der Waals surface area contributed by atoms with Gasteiger partial charge in [-0.25, -0.2) is 0 Å². The minimum absolute atomic E-state index is 1.06. The number of aliphatic imine (C=N–C) groups is 1. The highest BCUT2D eigenvalue weighted by Crippen LogP contribution is 1.88. The lowest BCUT2D eigenvalue weighted by molar-refractivity contribution is 1.02. The lowest BCUT2D eigenvalue weighted by Gasteiger charge is -1.96. The van der Waals surface area contributed by atoms with Gasteiger partial charge in [-0.1, -0.05) is 13.0 Å². The molecule has 0 aliphatic carbocycles. The molecule has 2 heteroatoms. The second-order valence-corrected chi connectivity index (χ2v) is 2.21. The number of allylic oxidation sites excluding steroid dienone is 3. The summed E-state index contributed by atoms with van der Waals surface area (Å²) in [5.41, 5.74) is 1.17. The predicted molar refractivity (Wildman–Crippen MR) is 50.7 cm³/mol. The third kappa shape index (κ3) is 6.84. The van der Waals surface area contributed by atoms with Crippen molar-refractivity contribution in [1.82, 2.24) is 5.32 Å². The molecule has 0 aromatic heterocycles. The summed E-state index contributed by atoms with van der Waals surface area (Å²) in [5, 5.41) is 3.11. The zero-order valence-corrected chi connectivity index (χ0v) is 7.46. The van der Waals surface area contributed by atoms with E-state index in [2.05, 4.69) is 23.3 Å². The Bertz CT molecular complexity index is 166. The van der Waals surface area contributed by atoms with Crippen molar-refractivity contribution in [2.75, 3.05) is 7.05 Å². The van der Waals surface area contributed by atoms with Gasteiger partial charge in [0, 0.05) is 25.2 Å². The monoisotopic (exact) mass is 152 g/mol. The number of hydrogen-bond acceptors (Lipinski definition) is 2. The number of rotatable bonds is 4. The molecule has 0 rings (SSSR count). The SMILES string of the molecule is CC/C=C(/C)NC=CC=NC. The molecule has 0 aliphatic rings. The van der Waals surface area contributed by atoms with E-state index in [-0.39, 0.29) is 0 Å². The summed E-state index contributed by atoms with van der Waals surface area (Å²) in [5.74, 6) is 0. The first-order valence-corrected chi connectivity index (χ1v) is 3.81. The van der Waals surface area contributed by atoms with Gasteiger partial charge in [-0.2, -0.15) is 0 Å². The molecule has 2 nitrogen and oxygen atoms in total. The van der Waals surface area contributed by atoms with E-state index < -0.39 is 0 Å². The van der Waals surface area contributed by atoms with Crippen LogP contribution in [0.15, 0.2) is 29.0 Å². The predicted octanol–water partition coefficient (Wildman–Crippen LogP) is 2.10. The van der Waals surface area contributed by atoms with Crippen molar-refractivity contribution in [2.24, 2.45) is 4.99 Å². The molecule has 0 saturated carbocycles. The van der Waals surface area contributed by atoms with Gasteiger partial charge in [-0.05, 0) is 19.4 Å². The van der Waals surface area contributed by atoms with Crippen LogP contribution >= 0.6 is 0 Å². The second kappa shape index (κ2) is 7.06. The highest BCUT2D eigenvalue weighted by molar-refractivity contribution is 5.70. The molecule has 0 aliphatic heterocycles. The standard InChI is InChI=1S/C9H16N2/c1-4-6-9(2)11-8-5-7-10-3/h5-8,11H,4H2,1-3H3/b8-5?,9-6-,10-7?. The molecule has 1 N–H and O–H groups in total. The molecule has 0 bridgehead atoms. The Kier molecular flexibility index (Phi) is 6.39. The van der Waals surface area contributed by atoms with Crippen molar-refractivity contribution in [3.05, 3.63) is 24.0 Å². The van der Waals surface area contributed by atoms with Gasteiger partial charge >= 0.3 is 0 Å². The zero-order chi connectivity index (χ0) is 8.53. The van der Waals surface area contributed by atoms with E-state index in [1.165, 1.54) is 5.70 Å². The largest absolute Gasteiger partial charge is 0.365 e. The first-order valence-electron chi connectivity index (χ1n) is 3.81. The maximum Gasteiger partial charge on any atom is 0.0277 e. The molecule has 11 heavy (non-hydrogen) atoms. The van der Waals surface area contributed by atoms with E-state index in [9.17, 15) is 0 Å². The maximum atomic E-state index is 3.81. The molecule has 0 aromatic carbocycles. The Labute approximate surface area is 68.7 Å². The molecule has 62 valence electrons. The van der Waals surface area contributed by atoms with Crippen LogP contribution in [0.4, 0.5) is 0 Å². The van der Waals surface area contributed by atoms with Gasteiger partial charge in [0.2, 0.25) is 0 Å². The fraction of sp³-hybridized carbons (Fsp3) is 0.444. The average molecular weight is 152 g/mol. The van der Waals surface area contributed by atoms with Crippen LogP contribution in [0.5, 0.6) is 0 Å². The normalized spacial score (nSPS) is 13.2. The van der Waals surface area contributed by atoms with E-state index in [1.807, 2.05) is 19.2 Å². The van der Waals surface area contributed by atoms with Gasteiger partial charge in [0.15, 0.2) is 0 Å². The maximum absolute atomic E-state index is 3.81. The fourth-order valence-electron chi connectivity index (χ4n) is 0.674. The summed E-state index contributed by atoms with van der Waals surface area (Å²) < 4.78 is 0. The van der Waals surface area contributed by atoms with Crippen molar-refractivity contribution in [3.63, 3.8) is 0 Å². The summed E-state index contributed by atoms with van der Waals surface area (Å²) in [7, 11) is 1.75. The molecule has 0 amide bonds. The Balaban J connectivity index is 3.60. The van der Waals surface area contributed by atoms with Crippen molar-refractivity contribution in [3.8, 4) is 0 Å². The van der Waals surface area contributed by atoms with Gasteiger partial charge in [-0.15, -0.1) is 0 Å². The molecule has 0 radical (unpaired) electrons. The minimum Gasteiger partial charge on any atom is -0.365 e. The lowest BCUT2D eigenvalue weighted by Crippen LogP contribution is -2.00. The third-order valence-corrected chi connectivity index (χ3v) is 1.15. The van der Waals surface area contributed by atoms with Crippen molar-refractivity contribution in [1.29, 1.82) is 0 Å². The topological polar surface area (TPSA) is 24.4 Å². The summed E-state index contributed by atoms with van der Waals surface area (Å²) in [6.07, 6.45) is 8.68. The lowest BCUT2D eigenvalue weighted by atomic mass is 10.4.